The fourth-order valence-electron chi connectivity index (χ4n) is 1.45. The van der Waals surface area contributed by atoms with E-state index in [0.29, 0.717) is 11.8 Å². The molecule has 1 aliphatic rings. The van der Waals surface area contributed by atoms with Crippen LogP contribution in [0.15, 0.2) is 4.99 Å². The second kappa shape index (κ2) is 5.01. The van der Waals surface area contributed by atoms with E-state index in [1.165, 1.54) is 11.3 Å². The van der Waals surface area contributed by atoms with Gasteiger partial charge in [0.05, 0.1) is 11.4 Å². The van der Waals surface area contributed by atoms with Crippen molar-refractivity contribution in [2.75, 3.05) is 5.75 Å². The molecule has 90 valence electrons. The topological polar surface area (TPSA) is 62.5 Å². The number of rotatable bonds is 4. The molecule has 0 saturated carbocycles. The molecule has 1 aromatic heterocycles. The van der Waals surface area contributed by atoms with E-state index in [-0.39, 0.29) is 12.5 Å². The summed E-state index contributed by atoms with van der Waals surface area (Å²) in [6.07, 6.45) is 0.757. The molecule has 4 nitrogen and oxygen atoms in total. The van der Waals surface area contributed by atoms with E-state index in [9.17, 15) is 4.79 Å². The molecule has 17 heavy (non-hydrogen) atoms. The number of hydrogen-bond acceptors (Lipinski definition) is 5. The molecule has 0 bridgehead atoms. The minimum atomic E-state index is -0.770. The number of carboxylic acid groups (broad SMARTS) is 1. The van der Waals surface area contributed by atoms with Crippen LogP contribution >= 0.6 is 23.1 Å². The van der Waals surface area contributed by atoms with E-state index in [1.54, 1.807) is 11.8 Å². The van der Waals surface area contributed by atoms with E-state index < -0.39 is 5.97 Å². The van der Waals surface area contributed by atoms with Gasteiger partial charge in [0.25, 0.3) is 0 Å². The molecule has 0 aromatic carbocycles. The largest absolute Gasteiger partial charge is 0.481 e. The Bertz CT molecular complexity index is 537. The van der Waals surface area contributed by atoms with Crippen LogP contribution in [0.25, 0.3) is 13.2 Å². The average Bonchev–Trinajstić information content (AvgIpc) is 2.84. The molecule has 1 aromatic rings. The summed E-state index contributed by atoms with van der Waals surface area (Å²) in [5, 5.41) is 11.1. The van der Waals surface area contributed by atoms with Crippen molar-refractivity contribution in [1.82, 2.24) is 4.98 Å². The van der Waals surface area contributed by atoms with Gasteiger partial charge >= 0.3 is 5.97 Å². The standard InChI is InChI=1S/C11H12N2O2S2/c1-6-7(2)17-11(12-6)10-13-8(5-16-10)3-4-9(14)15/h8H,1-5H2,(H,14,15). The SMILES string of the molecule is C=c1nc(C2=NC(CCC(=O)O)CS2)sc1=C. The third-order valence-corrected chi connectivity index (χ3v) is 4.58. The lowest BCUT2D eigenvalue weighted by molar-refractivity contribution is -0.137. The summed E-state index contributed by atoms with van der Waals surface area (Å²) in [6.45, 7) is 7.63. The number of nitrogens with zero attached hydrogens (tertiary/aromatic N) is 2. The minimum Gasteiger partial charge on any atom is -0.481 e. The second-order valence-electron chi connectivity index (χ2n) is 3.72. The lowest BCUT2D eigenvalue weighted by Gasteiger charge is -2.00. The second-order valence-corrected chi connectivity index (χ2v) is 5.81. The Morgan fingerprint density at radius 2 is 2.29 bits per heavy atom. The van der Waals surface area contributed by atoms with Gasteiger partial charge in [-0.25, -0.2) is 4.98 Å². The first kappa shape index (κ1) is 12.3. The predicted octanol–water partition coefficient (Wildman–Crippen LogP) is 0.691. The maximum Gasteiger partial charge on any atom is 0.303 e. The zero-order valence-corrected chi connectivity index (χ0v) is 10.8. The van der Waals surface area contributed by atoms with E-state index >= 15 is 0 Å². The molecule has 0 aliphatic carbocycles. The maximum atomic E-state index is 10.5. The predicted molar refractivity (Wildman–Crippen MR) is 72.1 cm³/mol. The van der Waals surface area contributed by atoms with Crippen molar-refractivity contribution in [3.8, 4) is 0 Å². The van der Waals surface area contributed by atoms with Crippen LogP contribution < -0.4 is 9.88 Å². The number of aliphatic imine (C=N–C) groups is 1. The van der Waals surface area contributed by atoms with E-state index in [1.807, 2.05) is 0 Å². The van der Waals surface area contributed by atoms with Crippen LogP contribution in [0.1, 0.15) is 17.8 Å². The van der Waals surface area contributed by atoms with Crippen molar-refractivity contribution in [1.29, 1.82) is 0 Å². The molecular weight excluding hydrogens is 256 g/mol. The van der Waals surface area contributed by atoms with Gasteiger partial charge in [-0.15, -0.1) is 23.1 Å². The number of carboxylic acids is 1. The van der Waals surface area contributed by atoms with Crippen LogP contribution in [0.2, 0.25) is 0 Å². The Labute approximate surface area is 107 Å². The number of thioether (sulfide) groups is 1. The van der Waals surface area contributed by atoms with Gasteiger partial charge in [-0.1, -0.05) is 13.2 Å². The molecule has 1 aliphatic heterocycles. The molecule has 0 radical (unpaired) electrons. The number of aliphatic carboxylic acids is 1. The van der Waals surface area contributed by atoms with Gasteiger partial charge in [0, 0.05) is 16.7 Å². The van der Waals surface area contributed by atoms with Gasteiger partial charge in [0.2, 0.25) is 0 Å². The summed E-state index contributed by atoms with van der Waals surface area (Å²) in [6, 6.07) is 0.0940. The highest BCUT2D eigenvalue weighted by Crippen LogP contribution is 2.25. The average molecular weight is 268 g/mol. The molecule has 1 atom stereocenters. The van der Waals surface area contributed by atoms with Crippen molar-refractivity contribution in [3.05, 3.63) is 14.9 Å². The fourth-order valence-corrected chi connectivity index (χ4v) is 3.42. The Balaban J connectivity index is 2.08. The number of carbonyl (C=O) groups is 1. The molecule has 0 fully saturated rings. The fraction of sp³-hybridized carbons (Fsp3) is 0.364. The van der Waals surface area contributed by atoms with Crippen LogP contribution in [0.4, 0.5) is 0 Å². The molecule has 2 rings (SSSR count). The Morgan fingerprint density at radius 3 is 2.88 bits per heavy atom. The van der Waals surface area contributed by atoms with Crippen LogP contribution in [-0.2, 0) is 4.79 Å². The minimum absolute atomic E-state index is 0.0940. The van der Waals surface area contributed by atoms with Crippen LogP contribution in [0.5, 0.6) is 0 Å². The molecule has 2 heterocycles. The normalized spacial score (nSPS) is 19.3. The van der Waals surface area contributed by atoms with Crippen molar-refractivity contribution in [3.63, 3.8) is 0 Å². The third kappa shape index (κ3) is 2.95. The highest BCUT2D eigenvalue weighted by molar-refractivity contribution is 8.15. The number of aromatic nitrogens is 1. The summed E-state index contributed by atoms with van der Waals surface area (Å²) in [5.41, 5.74) is 0. The van der Waals surface area contributed by atoms with E-state index in [2.05, 4.69) is 23.1 Å². The first-order valence-corrected chi connectivity index (χ1v) is 6.94. The summed E-state index contributed by atoms with van der Waals surface area (Å²) < 4.78 is 0.859. The maximum absolute atomic E-state index is 10.5. The summed E-state index contributed by atoms with van der Waals surface area (Å²) in [7, 11) is 0. The van der Waals surface area contributed by atoms with E-state index in [0.717, 1.165) is 20.3 Å². The Kier molecular flexibility index (Phi) is 3.63. The van der Waals surface area contributed by atoms with Crippen LogP contribution in [-0.4, -0.2) is 32.9 Å². The van der Waals surface area contributed by atoms with Crippen molar-refractivity contribution >= 4 is 47.3 Å². The molecule has 6 heteroatoms. The quantitative estimate of drug-likeness (QED) is 0.873. The van der Waals surface area contributed by atoms with Crippen molar-refractivity contribution in [2.24, 2.45) is 4.99 Å². The smallest absolute Gasteiger partial charge is 0.303 e. The van der Waals surface area contributed by atoms with Crippen LogP contribution in [0.3, 0.4) is 0 Å². The third-order valence-electron chi connectivity index (χ3n) is 2.36. The molecule has 0 saturated heterocycles. The summed E-state index contributed by atoms with van der Waals surface area (Å²) in [5.74, 6) is 0.0641. The molecular formula is C11H12N2O2S2. The molecule has 0 spiro atoms. The molecule has 1 N–H and O–H groups in total. The van der Waals surface area contributed by atoms with Gasteiger partial charge < -0.3 is 5.11 Å². The molecule has 0 amide bonds. The monoisotopic (exact) mass is 268 g/mol. The van der Waals surface area contributed by atoms with Crippen molar-refractivity contribution < 1.29 is 9.90 Å². The van der Waals surface area contributed by atoms with Gasteiger partial charge in [0.1, 0.15) is 10.1 Å². The van der Waals surface area contributed by atoms with E-state index in [4.69, 9.17) is 5.11 Å². The zero-order chi connectivity index (χ0) is 12.4. The first-order valence-electron chi connectivity index (χ1n) is 5.13. The number of thiazole rings is 1. The first-order chi connectivity index (χ1) is 8.06. The van der Waals surface area contributed by atoms with Gasteiger partial charge in [0.15, 0.2) is 0 Å². The summed E-state index contributed by atoms with van der Waals surface area (Å²) in [4.78, 5) is 19.3. The Morgan fingerprint density at radius 1 is 1.53 bits per heavy atom. The van der Waals surface area contributed by atoms with Crippen molar-refractivity contribution in [2.45, 2.75) is 18.9 Å². The lowest BCUT2D eigenvalue weighted by Crippen LogP contribution is -2.16. The zero-order valence-electron chi connectivity index (χ0n) is 9.18. The van der Waals surface area contributed by atoms with Gasteiger partial charge in [-0.3, -0.25) is 9.79 Å². The Hall–Kier alpha value is -1.14. The lowest BCUT2D eigenvalue weighted by atomic mass is 10.2. The van der Waals surface area contributed by atoms with Gasteiger partial charge in [-0.05, 0) is 6.42 Å². The van der Waals surface area contributed by atoms with Gasteiger partial charge in [-0.2, -0.15) is 0 Å². The summed E-state index contributed by atoms with van der Waals surface area (Å²) >= 11 is 3.11. The molecule has 1 unspecified atom stereocenters. The number of hydrogen-bond donors (Lipinski definition) is 1. The highest BCUT2D eigenvalue weighted by Gasteiger charge is 2.21. The highest BCUT2D eigenvalue weighted by atomic mass is 32.2. The van der Waals surface area contributed by atoms with Crippen LogP contribution in [0, 0.1) is 0 Å².